The molecular weight excluding hydrogens is 329 g/mol. The van der Waals surface area contributed by atoms with Gasteiger partial charge in [-0.15, -0.1) is 0 Å². The van der Waals surface area contributed by atoms with Crippen LogP contribution in [0.4, 0.5) is 20.8 Å². The highest BCUT2D eigenvalue weighted by molar-refractivity contribution is 5.89. The van der Waals surface area contributed by atoms with Gasteiger partial charge in [-0.3, -0.25) is 4.90 Å². The van der Waals surface area contributed by atoms with Gasteiger partial charge in [0.25, 0.3) is 11.5 Å². The zero-order valence-corrected chi connectivity index (χ0v) is 13.1. The van der Waals surface area contributed by atoms with Gasteiger partial charge in [0.1, 0.15) is 11.9 Å². The van der Waals surface area contributed by atoms with Crippen LogP contribution in [0.5, 0.6) is 0 Å². The summed E-state index contributed by atoms with van der Waals surface area (Å²) < 4.78 is 24.3. The second kappa shape index (κ2) is 5.73. The van der Waals surface area contributed by atoms with Crippen molar-refractivity contribution in [2.24, 2.45) is 0 Å². The van der Waals surface area contributed by atoms with Crippen LogP contribution in [0.1, 0.15) is 18.4 Å². The lowest BCUT2D eigenvalue weighted by Gasteiger charge is -2.14. The maximum absolute atomic E-state index is 14.4. The number of hydrogen-bond acceptors (Lipinski definition) is 6. The van der Waals surface area contributed by atoms with Crippen molar-refractivity contribution in [2.75, 3.05) is 23.3 Å². The summed E-state index contributed by atoms with van der Waals surface area (Å²) in [6, 6.07) is 4.53. The normalized spacial score (nSPS) is 20.9. The van der Waals surface area contributed by atoms with E-state index in [9.17, 15) is 9.18 Å². The number of anilines is 2. The summed E-state index contributed by atoms with van der Waals surface area (Å²) in [7, 11) is 0. The minimum absolute atomic E-state index is 0.274. The summed E-state index contributed by atoms with van der Waals surface area (Å²) in [6.07, 6.45) is 1.56. The van der Waals surface area contributed by atoms with Crippen LogP contribution < -0.4 is 10.2 Å². The predicted molar refractivity (Wildman–Crippen MR) is 84.3 cm³/mol. The number of rotatable bonds is 5. The fourth-order valence-electron chi connectivity index (χ4n) is 2.90. The number of nitrogens with one attached hydrogen (secondary N) is 1. The van der Waals surface area contributed by atoms with E-state index >= 15 is 0 Å². The lowest BCUT2D eigenvalue weighted by Crippen LogP contribution is -2.27. The fourth-order valence-corrected chi connectivity index (χ4v) is 2.90. The van der Waals surface area contributed by atoms with Gasteiger partial charge >= 0.3 is 6.09 Å². The van der Waals surface area contributed by atoms with Crippen LogP contribution in [-0.2, 0) is 10.3 Å². The molecule has 2 fully saturated rings. The first-order valence-electron chi connectivity index (χ1n) is 7.78. The summed E-state index contributed by atoms with van der Waals surface area (Å²) in [5, 5.41) is 6.49. The molecule has 0 radical (unpaired) electrons. The minimum Gasteiger partial charge on any atom is -0.442 e. The van der Waals surface area contributed by atoms with E-state index in [1.54, 1.807) is 12.1 Å². The molecular formula is C16H14FN5O3. The first kappa shape index (κ1) is 15.4. The molecule has 9 heteroatoms. The number of aromatic nitrogens is 2. The molecule has 2 heterocycles. The van der Waals surface area contributed by atoms with E-state index in [1.807, 2.05) is 0 Å². The van der Waals surface area contributed by atoms with Crippen LogP contribution in [0.2, 0.25) is 0 Å². The van der Waals surface area contributed by atoms with Crippen LogP contribution in [0.25, 0.3) is 4.85 Å². The van der Waals surface area contributed by atoms with Crippen molar-refractivity contribution < 1.29 is 18.4 Å². The first-order chi connectivity index (χ1) is 12.1. The van der Waals surface area contributed by atoms with E-state index in [-0.39, 0.29) is 6.54 Å². The van der Waals surface area contributed by atoms with Crippen molar-refractivity contribution in [3.05, 3.63) is 47.4 Å². The molecule has 1 N–H and O–H groups in total. The van der Waals surface area contributed by atoms with Gasteiger partial charge in [0.2, 0.25) is 6.39 Å². The topological polar surface area (TPSA) is 84.8 Å². The van der Waals surface area contributed by atoms with Crippen molar-refractivity contribution in [3.63, 3.8) is 0 Å². The predicted octanol–water partition coefficient (Wildman–Crippen LogP) is 2.55. The third-order valence-corrected chi connectivity index (χ3v) is 4.43. The number of amides is 1. The zero-order valence-electron chi connectivity index (χ0n) is 13.1. The molecule has 2 aliphatic rings. The minimum atomic E-state index is -0.717. The fraction of sp³-hybridized carbons (Fsp3) is 0.375. The Labute approximate surface area is 142 Å². The molecule has 1 aromatic heterocycles. The van der Waals surface area contributed by atoms with Crippen molar-refractivity contribution in [1.29, 1.82) is 0 Å². The van der Waals surface area contributed by atoms with Gasteiger partial charge in [0.05, 0.1) is 24.3 Å². The third-order valence-electron chi connectivity index (χ3n) is 4.43. The van der Waals surface area contributed by atoms with Crippen LogP contribution in [-0.4, -0.2) is 35.4 Å². The monoisotopic (exact) mass is 343 g/mol. The molecule has 0 spiro atoms. The quantitative estimate of drug-likeness (QED) is 0.840. The van der Waals surface area contributed by atoms with Crippen molar-refractivity contribution in [3.8, 4) is 0 Å². The van der Waals surface area contributed by atoms with E-state index in [1.165, 1.54) is 17.4 Å². The number of nitrogens with zero attached hydrogens (tertiary/aromatic N) is 4. The molecule has 1 amide bonds. The van der Waals surface area contributed by atoms with Gasteiger partial charge in [-0.1, -0.05) is 0 Å². The average molecular weight is 343 g/mol. The summed E-state index contributed by atoms with van der Waals surface area (Å²) in [6.45, 7) is 7.82. The van der Waals surface area contributed by atoms with Crippen LogP contribution in [0, 0.1) is 12.4 Å². The number of halogens is 1. The molecule has 0 unspecified atom stereocenters. The smallest absolute Gasteiger partial charge is 0.414 e. The van der Waals surface area contributed by atoms with Gasteiger partial charge in [-0.25, -0.2) is 15.8 Å². The van der Waals surface area contributed by atoms with Gasteiger partial charge in [-0.05, 0) is 23.4 Å². The summed E-state index contributed by atoms with van der Waals surface area (Å²) in [4.78, 5) is 20.8. The second-order valence-corrected chi connectivity index (χ2v) is 6.06. The van der Waals surface area contributed by atoms with Gasteiger partial charge in [0.15, 0.2) is 0 Å². The number of carbonyl (C=O) groups excluding carboxylic acids is 1. The van der Waals surface area contributed by atoms with E-state index in [4.69, 9.17) is 11.3 Å². The Hall–Kier alpha value is -3.15. The molecule has 1 saturated heterocycles. The van der Waals surface area contributed by atoms with Crippen molar-refractivity contribution >= 4 is 17.7 Å². The highest BCUT2D eigenvalue weighted by Gasteiger charge is 2.54. The molecule has 128 valence electrons. The molecule has 1 aliphatic carbocycles. The average Bonchev–Trinajstić information content (AvgIpc) is 3.04. The number of ether oxygens (including phenoxy) is 1. The molecule has 25 heavy (non-hydrogen) atoms. The molecule has 0 bridgehead atoms. The van der Waals surface area contributed by atoms with Gasteiger partial charge < -0.3 is 19.4 Å². The van der Waals surface area contributed by atoms with Crippen LogP contribution in [0.15, 0.2) is 29.1 Å². The van der Waals surface area contributed by atoms with Crippen LogP contribution >= 0.6 is 0 Å². The Kier molecular flexibility index (Phi) is 3.53. The van der Waals surface area contributed by atoms with Gasteiger partial charge in [-0.2, -0.15) is 4.98 Å². The highest BCUT2D eigenvalue weighted by atomic mass is 19.1. The Bertz CT molecular complexity index is 844. The number of benzene rings is 1. The van der Waals surface area contributed by atoms with Crippen molar-refractivity contribution in [2.45, 2.75) is 24.5 Å². The lowest BCUT2D eigenvalue weighted by molar-refractivity contribution is 0.147. The summed E-state index contributed by atoms with van der Waals surface area (Å²) >= 11 is 0. The van der Waals surface area contributed by atoms with Crippen LogP contribution in [0.3, 0.4) is 0 Å². The number of carbonyl (C=O) groups is 1. The highest BCUT2D eigenvalue weighted by Crippen LogP contribution is 2.50. The molecule has 1 saturated carbocycles. The largest absolute Gasteiger partial charge is 0.442 e. The first-order valence-corrected chi connectivity index (χ1v) is 7.78. The maximum Gasteiger partial charge on any atom is 0.414 e. The Morgan fingerprint density at radius 2 is 2.32 bits per heavy atom. The molecule has 1 aromatic carbocycles. The summed E-state index contributed by atoms with van der Waals surface area (Å²) in [5.74, 6) is -0.161. The zero-order chi connectivity index (χ0) is 17.4. The maximum atomic E-state index is 14.4. The van der Waals surface area contributed by atoms with Gasteiger partial charge in [0, 0.05) is 12.8 Å². The molecule has 2 aromatic rings. The SMILES string of the molecule is [C-]#[N+]C1(c2ccc(N3C[C@H](CNc4ncon4)OC3=O)cc2F)CC1. The van der Waals surface area contributed by atoms with E-state index in [0.29, 0.717) is 36.6 Å². The molecule has 8 nitrogen and oxygen atoms in total. The van der Waals surface area contributed by atoms with E-state index in [0.717, 1.165) is 0 Å². The lowest BCUT2D eigenvalue weighted by atomic mass is 10.0. The molecule has 1 atom stereocenters. The molecule has 1 aliphatic heterocycles. The number of cyclic esters (lactones) is 1. The number of hydrogen-bond donors (Lipinski definition) is 1. The van der Waals surface area contributed by atoms with E-state index < -0.39 is 23.6 Å². The Balaban J connectivity index is 1.46. The Morgan fingerprint density at radius 1 is 1.48 bits per heavy atom. The second-order valence-electron chi connectivity index (χ2n) is 6.06. The third kappa shape index (κ3) is 2.76. The molecule has 4 rings (SSSR count). The summed E-state index contributed by atoms with van der Waals surface area (Å²) in [5.41, 5.74) is 0.0915. The Morgan fingerprint density at radius 3 is 2.96 bits per heavy atom. The van der Waals surface area contributed by atoms with E-state index in [2.05, 4.69) is 24.8 Å². The standard InChI is InChI=1S/C16H14FN5O3/c1-18-16(4-5-16)12-3-2-10(6-13(12)17)22-8-11(25-15(22)23)7-19-14-20-9-24-21-14/h2-3,6,9,11H,4-5,7-8H2,(H,19,21)/t11-/m0/s1. The van der Waals surface area contributed by atoms with Crippen molar-refractivity contribution in [1.82, 2.24) is 10.1 Å².